The van der Waals surface area contributed by atoms with E-state index in [2.05, 4.69) is 33.9 Å². The van der Waals surface area contributed by atoms with Crippen molar-refractivity contribution in [1.82, 2.24) is 0 Å². The fraction of sp³-hybridized carbons (Fsp3) is 0.824. The Bertz CT molecular complexity index is 437. The second-order valence-corrected chi connectivity index (χ2v) is 12.6. The van der Waals surface area contributed by atoms with Gasteiger partial charge in [-0.15, -0.1) is 0 Å². The molecule has 0 N–H and O–H groups in total. The zero-order chi connectivity index (χ0) is 17.9. The van der Waals surface area contributed by atoms with E-state index in [1.165, 1.54) is 6.08 Å². The largest absolute Gasteiger partial charge is 0.463 e. The molecule has 1 aliphatic rings. The molecule has 0 bridgehead atoms. The number of esters is 1. The van der Waals surface area contributed by atoms with Crippen LogP contribution in [0.5, 0.6) is 0 Å². The molecule has 134 valence electrons. The maximum atomic E-state index is 11.5. The number of carbonyl (C=O) groups is 1. The van der Waals surface area contributed by atoms with Gasteiger partial charge < -0.3 is 18.6 Å². The molecule has 5 nitrogen and oxygen atoms in total. The van der Waals surface area contributed by atoms with Gasteiger partial charge in [-0.25, -0.2) is 4.79 Å². The van der Waals surface area contributed by atoms with E-state index in [1.54, 1.807) is 13.0 Å². The summed E-state index contributed by atoms with van der Waals surface area (Å²) in [5, 5.41) is 0.137. The van der Waals surface area contributed by atoms with Crippen LogP contribution in [0.3, 0.4) is 0 Å². The van der Waals surface area contributed by atoms with Crippen LogP contribution < -0.4 is 0 Å². The molecule has 0 radical (unpaired) electrons. The first-order chi connectivity index (χ1) is 10.4. The van der Waals surface area contributed by atoms with Gasteiger partial charge >= 0.3 is 5.97 Å². The van der Waals surface area contributed by atoms with Crippen LogP contribution in [0, 0.1) is 0 Å². The third-order valence-electron chi connectivity index (χ3n) is 4.34. The number of hydrogen-bond donors (Lipinski definition) is 0. The quantitative estimate of drug-likeness (QED) is 0.418. The van der Waals surface area contributed by atoms with Gasteiger partial charge in [-0.3, -0.25) is 0 Å². The Hall–Kier alpha value is -0.693. The summed E-state index contributed by atoms with van der Waals surface area (Å²) < 4.78 is 22.9. The molecule has 2 atom stereocenters. The molecule has 1 aliphatic heterocycles. The normalized spacial score (nSPS) is 25.0. The number of carbonyl (C=O) groups excluding carboxylic acids is 1. The van der Waals surface area contributed by atoms with Gasteiger partial charge in [-0.2, -0.15) is 0 Å². The van der Waals surface area contributed by atoms with Gasteiger partial charge in [0.15, 0.2) is 14.1 Å². The lowest BCUT2D eigenvalue weighted by atomic mass is 10.2. The molecule has 0 saturated carbocycles. The summed E-state index contributed by atoms with van der Waals surface area (Å²) in [6, 6.07) is 0. The molecule has 1 saturated heterocycles. The fourth-order valence-corrected chi connectivity index (χ4v) is 3.04. The van der Waals surface area contributed by atoms with Crippen molar-refractivity contribution in [3.63, 3.8) is 0 Å². The summed E-state index contributed by atoms with van der Waals surface area (Å²) in [5.41, 5.74) is 0. The minimum absolute atomic E-state index is 0.137. The second kappa shape index (κ2) is 7.47. The van der Waals surface area contributed by atoms with Gasteiger partial charge in [0, 0.05) is 6.08 Å². The van der Waals surface area contributed by atoms with Crippen LogP contribution in [0.2, 0.25) is 18.1 Å². The highest BCUT2D eigenvalue weighted by atomic mass is 28.4. The van der Waals surface area contributed by atoms with E-state index in [9.17, 15) is 4.79 Å². The monoisotopic (exact) mass is 344 g/mol. The molecule has 23 heavy (non-hydrogen) atoms. The molecule has 1 fully saturated rings. The van der Waals surface area contributed by atoms with Gasteiger partial charge in [0.2, 0.25) is 0 Å². The predicted octanol–water partition coefficient (Wildman–Crippen LogP) is 3.65. The van der Waals surface area contributed by atoms with Crippen LogP contribution in [-0.4, -0.2) is 45.5 Å². The maximum Gasteiger partial charge on any atom is 0.330 e. The molecular formula is C17H32O5Si. The standard InChI is InChI=1S/C17H32O5Si/c1-9-19-15(18)11-10-13-14(22-17(5,6)21-13)12-20-23(7,8)16(2,3)4/h10-11,13-14H,9,12H2,1-8H3/b11-10+/t13-,14-/m1/s1. The molecule has 0 spiro atoms. The van der Waals surface area contributed by atoms with Crippen LogP contribution in [0.1, 0.15) is 41.5 Å². The number of rotatable bonds is 6. The average Bonchev–Trinajstić information content (AvgIpc) is 2.68. The van der Waals surface area contributed by atoms with Crippen molar-refractivity contribution >= 4 is 14.3 Å². The maximum absolute atomic E-state index is 11.5. The van der Waals surface area contributed by atoms with Crippen LogP contribution in [0.25, 0.3) is 0 Å². The Morgan fingerprint density at radius 2 is 1.87 bits per heavy atom. The van der Waals surface area contributed by atoms with Crippen molar-refractivity contribution in [2.24, 2.45) is 0 Å². The van der Waals surface area contributed by atoms with Gasteiger partial charge in [-0.05, 0) is 45.0 Å². The highest BCUT2D eigenvalue weighted by Crippen LogP contribution is 2.37. The highest BCUT2D eigenvalue weighted by molar-refractivity contribution is 6.74. The molecule has 0 unspecified atom stereocenters. The molecule has 0 aromatic rings. The van der Waals surface area contributed by atoms with Crippen molar-refractivity contribution < 1.29 is 23.4 Å². The summed E-state index contributed by atoms with van der Waals surface area (Å²) in [6.07, 6.45) is 2.55. The first-order valence-corrected chi connectivity index (χ1v) is 11.1. The molecule has 1 heterocycles. The second-order valence-electron chi connectivity index (χ2n) is 7.82. The smallest absolute Gasteiger partial charge is 0.330 e. The molecule has 0 aromatic heterocycles. The number of hydrogen-bond acceptors (Lipinski definition) is 5. The molecule has 1 rings (SSSR count). The molecule has 6 heteroatoms. The summed E-state index contributed by atoms with van der Waals surface area (Å²) in [5.74, 6) is -1.06. The third-order valence-corrected chi connectivity index (χ3v) is 8.85. The Labute approximate surface area is 141 Å². The lowest BCUT2D eigenvalue weighted by Crippen LogP contribution is -2.43. The first-order valence-electron chi connectivity index (χ1n) is 8.22. The Morgan fingerprint density at radius 1 is 1.26 bits per heavy atom. The van der Waals surface area contributed by atoms with E-state index in [-0.39, 0.29) is 23.2 Å². The van der Waals surface area contributed by atoms with E-state index >= 15 is 0 Å². The minimum Gasteiger partial charge on any atom is -0.463 e. The van der Waals surface area contributed by atoms with E-state index in [1.807, 2.05) is 13.8 Å². The average molecular weight is 345 g/mol. The van der Waals surface area contributed by atoms with Crippen molar-refractivity contribution in [2.75, 3.05) is 13.2 Å². The van der Waals surface area contributed by atoms with Gasteiger partial charge in [0.1, 0.15) is 12.2 Å². The zero-order valence-corrected chi connectivity index (χ0v) is 16.8. The summed E-state index contributed by atoms with van der Waals surface area (Å²) in [7, 11) is -1.86. The first kappa shape index (κ1) is 20.4. The van der Waals surface area contributed by atoms with Crippen molar-refractivity contribution in [1.29, 1.82) is 0 Å². The Morgan fingerprint density at radius 3 is 2.39 bits per heavy atom. The van der Waals surface area contributed by atoms with Crippen molar-refractivity contribution in [3.8, 4) is 0 Å². The zero-order valence-electron chi connectivity index (χ0n) is 15.8. The van der Waals surface area contributed by atoms with E-state index in [4.69, 9.17) is 18.6 Å². The Kier molecular flexibility index (Phi) is 6.61. The van der Waals surface area contributed by atoms with Gasteiger partial charge in [-0.1, -0.05) is 20.8 Å². The van der Waals surface area contributed by atoms with Crippen LogP contribution in [0.15, 0.2) is 12.2 Å². The molecule has 0 aliphatic carbocycles. The van der Waals surface area contributed by atoms with E-state index in [0.717, 1.165) is 0 Å². The highest BCUT2D eigenvalue weighted by Gasteiger charge is 2.43. The molecule has 0 amide bonds. The van der Waals surface area contributed by atoms with Crippen molar-refractivity contribution in [2.45, 2.75) is 77.7 Å². The minimum atomic E-state index is -1.86. The molecule has 0 aromatic carbocycles. The van der Waals surface area contributed by atoms with E-state index < -0.39 is 14.1 Å². The SMILES string of the molecule is CCOC(=O)/C=C/[C@H]1OC(C)(C)O[C@@H]1CO[Si](C)(C)C(C)(C)C. The topological polar surface area (TPSA) is 54.0 Å². The fourth-order valence-electron chi connectivity index (χ4n) is 2.03. The van der Waals surface area contributed by atoms with E-state index in [0.29, 0.717) is 13.2 Å². The van der Waals surface area contributed by atoms with Crippen LogP contribution >= 0.6 is 0 Å². The Balaban J connectivity index is 2.72. The van der Waals surface area contributed by atoms with Crippen LogP contribution in [-0.2, 0) is 23.4 Å². The molecular weight excluding hydrogens is 312 g/mol. The summed E-state index contributed by atoms with van der Waals surface area (Å²) in [6.45, 7) is 17.3. The van der Waals surface area contributed by atoms with Gasteiger partial charge in [0.25, 0.3) is 0 Å². The predicted molar refractivity (Wildman–Crippen MR) is 92.7 cm³/mol. The third kappa shape index (κ3) is 6.03. The van der Waals surface area contributed by atoms with Gasteiger partial charge in [0.05, 0.1) is 13.2 Å². The number of ether oxygens (including phenoxy) is 3. The van der Waals surface area contributed by atoms with Crippen molar-refractivity contribution in [3.05, 3.63) is 12.2 Å². The lowest BCUT2D eigenvalue weighted by Gasteiger charge is -2.37. The lowest BCUT2D eigenvalue weighted by molar-refractivity contribution is -0.146. The summed E-state index contributed by atoms with van der Waals surface area (Å²) in [4.78, 5) is 11.5. The summed E-state index contributed by atoms with van der Waals surface area (Å²) >= 11 is 0. The van der Waals surface area contributed by atoms with Crippen LogP contribution in [0.4, 0.5) is 0 Å².